The van der Waals surface area contributed by atoms with Crippen LogP contribution in [0.2, 0.25) is 0 Å². The quantitative estimate of drug-likeness (QED) is 0.312. The van der Waals surface area contributed by atoms with Crippen molar-refractivity contribution in [3.8, 4) is 11.8 Å². The summed E-state index contributed by atoms with van der Waals surface area (Å²) in [5, 5.41) is 9.35. The second kappa shape index (κ2) is 9.33. The Hall–Kier alpha value is -3.66. The third kappa shape index (κ3) is 4.74. The highest BCUT2D eigenvalue weighted by atomic mass is 16.5. The Morgan fingerprint density at radius 2 is 1.93 bits per heavy atom. The highest BCUT2D eigenvalue weighted by Gasteiger charge is 2.35. The molecule has 0 fully saturated rings. The molecule has 7 heteroatoms. The number of hydrogen-bond acceptors (Lipinski definition) is 6. The molecule has 144 valence electrons. The molecule has 1 aliphatic rings. The molecular formula is C21H20N2O5. The molecule has 0 spiro atoms. The van der Waals surface area contributed by atoms with E-state index in [1.54, 1.807) is 43.3 Å². The zero-order valence-electron chi connectivity index (χ0n) is 15.7. The van der Waals surface area contributed by atoms with Crippen molar-refractivity contribution in [1.82, 2.24) is 4.90 Å². The third-order valence-corrected chi connectivity index (χ3v) is 4.00. The van der Waals surface area contributed by atoms with E-state index in [0.717, 1.165) is 4.90 Å². The van der Waals surface area contributed by atoms with Gasteiger partial charge in [-0.2, -0.15) is 5.26 Å². The van der Waals surface area contributed by atoms with E-state index in [2.05, 4.69) is 6.58 Å². The lowest BCUT2D eigenvalue weighted by Crippen LogP contribution is -2.44. The molecule has 0 atom stereocenters. The van der Waals surface area contributed by atoms with Crippen LogP contribution in [0.3, 0.4) is 0 Å². The minimum absolute atomic E-state index is 0.111. The van der Waals surface area contributed by atoms with Gasteiger partial charge < -0.3 is 9.47 Å². The van der Waals surface area contributed by atoms with Crippen LogP contribution in [-0.2, 0) is 19.1 Å². The molecule has 0 unspecified atom stereocenters. The summed E-state index contributed by atoms with van der Waals surface area (Å²) in [6.07, 6.45) is 3.24. The number of hydrogen-bond donors (Lipinski definition) is 0. The molecule has 1 aromatic rings. The van der Waals surface area contributed by atoms with Crippen LogP contribution >= 0.6 is 0 Å². The van der Waals surface area contributed by atoms with E-state index < -0.39 is 17.8 Å². The molecule has 1 heterocycles. The first-order valence-electron chi connectivity index (χ1n) is 8.55. The molecule has 1 aromatic carbocycles. The van der Waals surface area contributed by atoms with Crippen molar-refractivity contribution < 1.29 is 23.9 Å². The SMILES string of the molecule is C=CCOc1ccc(/C=C2/C(=O)N(CCOC(C)=O)C(=O)C(C#N)=C2C)cc1. The summed E-state index contributed by atoms with van der Waals surface area (Å²) in [7, 11) is 0. The number of amides is 2. The van der Waals surface area contributed by atoms with Gasteiger partial charge in [0, 0.05) is 12.5 Å². The van der Waals surface area contributed by atoms with Gasteiger partial charge in [-0.3, -0.25) is 19.3 Å². The summed E-state index contributed by atoms with van der Waals surface area (Å²) in [4.78, 5) is 37.1. The zero-order chi connectivity index (χ0) is 20.7. The van der Waals surface area contributed by atoms with Gasteiger partial charge in [0.05, 0.1) is 6.54 Å². The molecule has 0 saturated carbocycles. The first-order chi connectivity index (χ1) is 13.4. The smallest absolute Gasteiger partial charge is 0.302 e. The summed E-state index contributed by atoms with van der Waals surface area (Å²) in [5.41, 5.74) is 1.15. The van der Waals surface area contributed by atoms with Crippen LogP contribution < -0.4 is 4.74 Å². The van der Waals surface area contributed by atoms with E-state index in [-0.39, 0.29) is 24.3 Å². The predicted octanol–water partition coefficient (Wildman–Crippen LogP) is 2.41. The molecule has 2 amide bonds. The van der Waals surface area contributed by atoms with Crippen LogP contribution in [0, 0.1) is 11.3 Å². The Morgan fingerprint density at radius 3 is 2.50 bits per heavy atom. The molecule has 7 nitrogen and oxygen atoms in total. The molecule has 0 N–H and O–H groups in total. The maximum Gasteiger partial charge on any atom is 0.302 e. The highest BCUT2D eigenvalue weighted by molar-refractivity contribution is 6.19. The van der Waals surface area contributed by atoms with Gasteiger partial charge in [-0.25, -0.2) is 0 Å². The van der Waals surface area contributed by atoms with Gasteiger partial charge in [-0.05, 0) is 36.3 Å². The lowest BCUT2D eigenvalue weighted by molar-refractivity contribution is -0.147. The van der Waals surface area contributed by atoms with Gasteiger partial charge in [0.2, 0.25) is 0 Å². The minimum Gasteiger partial charge on any atom is -0.490 e. The van der Waals surface area contributed by atoms with E-state index in [1.807, 2.05) is 6.07 Å². The van der Waals surface area contributed by atoms with Gasteiger partial charge >= 0.3 is 5.97 Å². The highest BCUT2D eigenvalue weighted by Crippen LogP contribution is 2.27. The van der Waals surface area contributed by atoms with Crippen molar-refractivity contribution >= 4 is 23.9 Å². The molecule has 0 aliphatic carbocycles. The normalized spacial score (nSPS) is 15.5. The van der Waals surface area contributed by atoms with Crippen LogP contribution in [-0.4, -0.2) is 42.4 Å². The third-order valence-electron chi connectivity index (χ3n) is 4.00. The maximum absolute atomic E-state index is 12.8. The Balaban J connectivity index is 2.33. The molecule has 1 aliphatic heterocycles. The van der Waals surface area contributed by atoms with Crippen molar-refractivity contribution in [1.29, 1.82) is 5.26 Å². The van der Waals surface area contributed by atoms with Gasteiger partial charge in [-0.15, -0.1) is 0 Å². The van der Waals surface area contributed by atoms with Crippen molar-refractivity contribution in [2.24, 2.45) is 0 Å². The molecule has 2 rings (SSSR count). The number of nitriles is 1. The monoisotopic (exact) mass is 380 g/mol. The number of rotatable bonds is 7. The summed E-state index contributed by atoms with van der Waals surface area (Å²) < 4.78 is 10.2. The predicted molar refractivity (Wildman–Crippen MR) is 102 cm³/mol. The van der Waals surface area contributed by atoms with Gasteiger partial charge in [0.25, 0.3) is 11.8 Å². The van der Waals surface area contributed by atoms with E-state index in [9.17, 15) is 19.6 Å². The number of esters is 1. The number of nitrogens with zero attached hydrogens (tertiary/aromatic N) is 2. The molecule has 0 bridgehead atoms. The average Bonchev–Trinajstić information content (AvgIpc) is 2.67. The van der Waals surface area contributed by atoms with Gasteiger partial charge in [0.15, 0.2) is 0 Å². The van der Waals surface area contributed by atoms with Crippen LogP contribution in [0.25, 0.3) is 6.08 Å². The average molecular weight is 380 g/mol. The number of imide groups is 1. The Morgan fingerprint density at radius 1 is 1.25 bits per heavy atom. The first kappa shape index (κ1) is 20.6. The fraction of sp³-hybridized carbons (Fsp3) is 0.238. The summed E-state index contributed by atoms with van der Waals surface area (Å²) in [6.45, 7) is 6.50. The van der Waals surface area contributed by atoms with E-state index in [1.165, 1.54) is 6.92 Å². The van der Waals surface area contributed by atoms with Crippen LogP contribution in [0.5, 0.6) is 5.75 Å². The Kier molecular flexibility index (Phi) is 6.88. The molecule has 0 saturated heterocycles. The van der Waals surface area contributed by atoms with Gasteiger partial charge in [0.1, 0.15) is 30.6 Å². The Labute approximate surface area is 163 Å². The van der Waals surface area contributed by atoms with E-state index >= 15 is 0 Å². The van der Waals surface area contributed by atoms with Gasteiger partial charge in [-0.1, -0.05) is 24.8 Å². The number of carbonyl (C=O) groups excluding carboxylic acids is 3. The number of carbonyl (C=O) groups is 3. The van der Waals surface area contributed by atoms with Crippen molar-refractivity contribution in [2.45, 2.75) is 13.8 Å². The standard InChI is InChI=1S/C21H20N2O5/c1-4-10-28-17-7-5-16(6-8-17)12-18-14(2)19(13-22)21(26)23(20(18)25)9-11-27-15(3)24/h4-8,12H,1,9-11H2,2-3H3/b18-12+. The lowest BCUT2D eigenvalue weighted by Gasteiger charge is -2.27. The second-order valence-corrected chi connectivity index (χ2v) is 5.94. The van der Waals surface area contributed by atoms with E-state index in [4.69, 9.17) is 9.47 Å². The summed E-state index contributed by atoms with van der Waals surface area (Å²) in [6, 6.07) is 8.88. The fourth-order valence-electron chi connectivity index (χ4n) is 2.60. The van der Waals surface area contributed by atoms with Crippen molar-refractivity contribution in [3.05, 3.63) is 59.2 Å². The first-order valence-corrected chi connectivity index (χ1v) is 8.55. The van der Waals surface area contributed by atoms with Crippen molar-refractivity contribution in [2.75, 3.05) is 19.8 Å². The zero-order valence-corrected chi connectivity index (χ0v) is 15.7. The van der Waals surface area contributed by atoms with Crippen LogP contribution in [0.1, 0.15) is 19.4 Å². The fourth-order valence-corrected chi connectivity index (χ4v) is 2.60. The van der Waals surface area contributed by atoms with Crippen LogP contribution in [0.4, 0.5) is 0 Å². The molecule has 0 radical (unpaired) electrons. The number of benzene rings is 1. The minimum atomic E-state index is -0.692. The molecule has 28 heavy (non-hydrogen) atoms. The topological polar surface area (TPSA) is 96.7 Å². The molecular weight excluding hydrogens is 360 g/mol. The second-order valence-electron chi connectivity index (χ2n) is 5.94. The maximum atomic E-state index is 12.8. The molecule has 0 aromatic heterocycles. The largest absolute Gasteiger partial charge is 0.490 e. The summed E-state index contributed by atoms with van der Waals surface area (Å²) in [5.74, 6) is -1.10. The lowest BCUT2D eigenvalue weighted by atomic mass is 9.93. The summed E-state index contributed by atoms with van der Waals surface area (Å²) >= 11 is 0. The Bertz CT molecular complexity index is 904. The van der Waals surface area contributed by atoms with Crippen LogP contribution in [0.15, 0.2) is 53.6 Å². The van der Waals surface area contributed by atoms with Crippen molar-refractivity contribution in [3.63, 3.8) is 0 Å². The van der Waals surface area contributed by atoms with E-state index in [0.29, 0.717) is 23.5 Å². The number of ether oxygens (including phenoxy) is 2.